The van der Waals surface area contributed by atoms with Crippen LogP contribution in [-0.2, 0) is 7.05 Å². The van der Waals surface area contributed by atoms with Crippen LogP contribution in [0.1, 0.15) is 0 Å². The molecule has 0 amide bonds. The Bertz CT molecular complexity index is 896. The summed E-state index contributed by atoms with van der Waals surface area (Å²) < 4.78 is 2.14. The molecule has 4 rings (SSSR count). The summed E-state index contributed by atoms with van der Waals surface area (Å²) >= 11 is 0. The summed E-state index contributed by atoms with van der Waals surface area (Å²) in [5.41, 5.74) is 6.61. The van der Waals surface area contributed by atoms with Gasteiger partial charge in [-0.1, -0.05) is 60.7 Å². The SMILES string of the molecule is Cn1cccc1-c1cc(-c2ccccc2)nc(-c2ccccc2)c1. The Hall–Kier alpha value is -3.13. The first-order valence-corrected chi connectivity index (χ1v) is 8.06. The van der Waals surface area contributed by atoms with Crippen molar-refractivity contribution in [1.82, 2.24) is 9.55 Å². The summed E-state index contributed by atoms with van der Waals surface area (Å²) in [5, 5.41) is 0. The molecule has 0 N–H and O–H groups in total. The van der Waals surface area contributed by atoms with Crippen molar-refractivity contribution in [2.45, 2.75) is 0 Å². The maximum absolute atomic E-state index is 4.90. The predicted molar refractivity (Wildman–Crippen MR) is 99.5 cm³/mol. The molecular formula is C22H18N2. The number of pyridine rings is 1. The van der Waals surface area contributed by atoms with Gasteiger partial charge < -0.3 is 4.57 Å². The summed E-state index contributed by atoms with van der Waals surface area (Å²) in [7, 11) is 2.07. The fraction of sp³-hybridized carbons (Fsp3) is 0.0455. The molecule has 0 aliphatic heterocycles. The highest BCUT2D eigenvalue weighted by Crippen LogP contribution is 2.30. The van der Waals surface area contributed by atoms with E-state index in [9.17, 15) is 0 Å². The molecule has 0 unspecified atom stereocenters. The van der Waals surface area contributed by atoms with Crippen molar-refractivity contribution in [3.05, 3.63) is 91.1 Å². The van der Waals surface area contributed by atoms with Gasteiger partial charge >= 0.3 is 0 Å². The van der Waals surface area contributed by atoms with Gasteiger partial charge in [0.25, 0.3) is 0 Å². The first-order chi connectivity index (χ1) is 11.8. The van der Waals surface area contributed by atoms with Crippen LogP contribution in [0.4, 0.5) is 0 Å². The van der Waals surface area contributed by atoms with Gasteiger partial charge in [-0.05, 0) is 24.3 Å². The zero-order valence-corrected chi connectivity index (χ0v) is 13.6. The van der Waals surface area contributed by atoms with Crippen molar-refractivity contribution >= 4 is 0 Å². The molecule has 0 spiro atoms. The van der Waals surface area contributed by atoms with Crippen molar-refractivity contribution < 1.29 is 0 Å². The quantitative estimate of drug-likeness (QED) is 0.494. The Balaban J connectivity index is 1.93. The summed E-state index contributed by atoms with van der Waals surface area (Å²) in [5.74, 6) is 0. The third kappa shape index (κ3) is 2.74. The Morgan fingerprint density at radius 3 is 1.62 bits per heavy atom. The number of hydrogen-bond acceptors (Lipinski definition) is 1. The van der Waals surface area contributed by atoms with Crippen LogP contribution < -0.4 is 0 Å². The normalized spacial score (nSPS) is 10.7. The molecule has 0 aliphatic carbocycles. The van der Waals surface area contributed by atoms with Crippen LogP contribution in [0.3, 0.4) is 0 Å². The zero-order chi connectivity index (χ0) is 16.4. The molecule has 116 valence electrons. The van der Waals surface area contributed by atoms with E-state index < -0.39 is 0 Å². The Labute approximate surface area is 142 Å². The first-order valence-electron chi connectivity index (χ1n) is 8.06. The number of hydrogen-bond donors (Lipinski definition) is 0. The first kappa shape index (κ1) is 14.5. The minimum atomic E-state index is 0.994. The fourth-order valence-corrected chi connectivity index (χ4v) is 2.95. The maximum Gasteiger partial charge on any atom is 0.0716 e. The van der Waals surface area contributed by atoms with Crippen LogP contribution in [0.5, 0.6) is 0 Å². The molecule has 0 atom stereocenters. The van der Waals surface area contributed by atoms with E-state index in [1.807, 2.05) is 36.4 Å². The largest absolute Gasteiger partial charge is 0.351 e. The number of aryl methyl sites for hydroxylation is 1. The van der Waals surface area contributed by atoms with Crippen molar-refractivity contribution in [3.63, 3.8) is 0 Å². The molecule has 0 fully saturated rings. The van der Waals surface area contributed by atoms with E-state index in [-0.39, 0.29) is 0 Å². The van der Waals surface area contributed by atoms with Crippen LogP contribution in [0.2, 0.25) is 0 Å². The average molecular weight is 310 g/mol. The molecule has 24 heavy (non-hydrogen) atoms. The molecule has 0 aliphatic rings. The molecule has 4 aromatic rings. The molecular weight excluding hydrogens is 292 g/mol. The van der Waals surface area contributed by atoms with E-state index in [0.717, 1.165) is 22.5 Å². The maximum atomic E-state index is 4.90. The third-order valence-electron chi connectivity index (χ3n) is 4.20. The van der Waals surface area contributed by atoms with E-state index in [4.69, 9.17) is 4.98 Å². The lowest BCUT2D eigenvalue weighted by Gasteiger charge is -2.11. The van der Waals surface area contributed by atoms with Gasteiger partial charge in [-0.2, -0.15) is 0 Å². The number of aromatic nitrogens is 2. The standard InChI is InChI=1S/C22H18N2/c1-24-14-8-13-22(24)19-15-20(17-9-4-2-5-10-17)23-21(16-19)18-11-6-3-7-12-18/h2-16H,1H3. The van der Waals surface area contributed by atoms with Gasteiger partial charge in [-0.3, -0.25) is 0 Å². The Morgan fingerprint density at radius 2 is 1.17 bits per heavy atom. The zero-order valence-electron chi connectivity index (χ0n) is 13.6. The van der Waals surface area contributed by atoms with Gasteiger partial charge in [0.2, 0.25) is 0 Å². The molecule has 0 radical (unpaired) electrons. The molecule has 2 heterocycles. The number of nitrogens with zero attached hydrogens (tertiary/aromatic N) is 2. The smallest absolute Gasteiger partial charge is 0.0716 e. The summed E-state index contributed by atoms with van der Waals surface area (Å²) in [4.78, 5) is 4.90. The minimum Gasteiger partial charge on any atom is -0.351 e. The summed E-state index contributed by atoms with van der Waals surface area (Å²) in [6.07, 6.45) is 2.07. The van der Waals surface area contributed by atoms with Gasteiger partial charge in [-0.25, -0.2) is 4.98 Å². The lowest BCUT2D eigenvalue weighted by molar-refractivity contribution is 0.937. The van der Waals surface area contributed by atoms with E-state index in [1.165, 1.54) is 11.3 Å². The summed E-state index contributed by atoms with van der Waals surface area (Å²) in [6.45, 7) is 0. The van der Waals surface area contributed by atoms with Gasteiger partial charge in [0.1, 0.15) is 0 Å². The van der Waals surface area contributed by atoms with Crippen LogP contribution in [0, 0.1) is 0 Å². The average Bonchev–Trinajstić information content (AvgIpc) is 3.09. The molecule has 2 aromatic heterocycles. The second-order valence-corrected chi connectivity index (χ2v) is 5.86. The van der Waals surface area contributed by atoms with Crippen molar-refractivity contribution in [2.24, 2.45) is 7.05 Å². The second-order valence-electron chi connectivity index (χ2n) is 5.86. The summed E-state index contributed by atoms with van der Waals surface area (Å²) in [6, 6.07) is 29.2. The van der Waals surface area contributed by atoms with Crippen LogP contribution >= 0.6 is 0 Å². The number of benzene rings is 2. The van der Waals surface area contributed by atoms with Crippen LogP contribution in [0.25, 0.3) is 33.8 Å². The van der Waals surface area contributed by atoms with Crippen LogP contribution in [-0.4, -0.2) is 9.55 Å². The van der Waals surface area contributed by atoms with Gasteiger partial charge in [0, 0.05) is 35.6 Å². The molecule has 0 saturated carbocycles. The highest BCUT2D eigenvalue weighted by molar-refractivity contribution is 5.75. The number of rotatable bonds is 3. The third-order valence-corrected chi connectivity index (χ3v) is 4.20. The molecule has 2 heteroatoms. The van der Waals surface area contributed by atoms with E-state index in [1.54, 1.807) is 0 Å². The van der Waals surface area contributed by atoms with Gasteiger partial charge in [0.15, 0.2) is 0 Å². The molecule has 0 bridgehead atoms. The monoisotopic (exact) mass is 310 g/mol. The highest BCUT2D eigenvalue weighted by atomic mass is 14.9. The van der Waals surface area contributed by atoms with Crippen LogP contribution in [0.15, 0.2) is 91.1 Å². The van der Waals surface area contributed by atoms with E-state index in [2.05, 4.69) is 66.3 Å². The van der Waals surface area contributed by atoms with Crippen molar-refractivity contribution in [2.75, 3.05) is 0 Å². The van der Waals surface area contributed by atoms with E-state index in [0.29, 0.717) is 0 Å². The van der Waals surface area contributed by atoms with Crippen molar-refractivity contribution in [1.29, 1.82) is 0 Å². The predicted octanol–water partition coefficient (Wildman–Crippen LogP) is 5.42. The van der Waals surface area contributed by atoms with E-state index >= 15 is 0 Å². The van der Waals surface area contributed by atoms with Crippen molar-refractivity contribution in [3.8, 4) is 33.8 Å². The fourth-order valence-electron chi connectivity index (χ4n) is 2.95. The highest BCUT2D eigenvalue weighted by Gasteiger charge is 2.10. The Kier molecular flexibility index (Phi) is 3.72. The molecule has 0 saturated heterocycles. The van der Waals surface area contributed by atoms with Gasteiger partial charge in [0.05, 0.1) is 11.4 Å². The molecule has 2 nitrogen and oxygen atoms in total. The second kappa shape index (κ2) is 6.17. The lowest BCUT2D eigenvalue weighted by Crippen LogP contribution is -1.94. The molecule has 2 aromatic carbocycles. The van der Waals surface area contributed by atoms with Gasteiger partial charge in [-0.15, -0.1) is 0 Å². The topological polar surface area (TPSA) is 17.8 Å². The lowest BCUT2D eigenvalue weighted by atomic mass is 10.0. The minimum absolute atomic E-state index is 0.994. The Morgan fingerprint density at radius 1 is 0.625 bits per heavy atom.